The Bertz CT molecular complexity index is 871. The van der Waals surface area contributed by atoms with Gasteiger partial charge in [0, 0.05) is 18.3 Å². The first-order valence-electron chi connectivity index (χ1n) is 11.9. The maximum absolute atomic E-state index is 13.3. The van der Waals surface area contributed by atoms with Crippen molar-refractivity contribution in [2.24, 2.45) is 23.2 Å². The molecule has 4 aliphatic rings. The minimum absolute atomic E-state index is 0.0783. The summed E-state index contributed by atoms with van der Waals surface area (Å²) in [5.74, 6) is 1.37. The number of ether oxygens (including phenoxy) is 2. The predicted molar refractivity (Wildman–Crippen MR) is 118 cm³/mol. The third kappa shape index (κ3) is 2.96. The molecular formula is C27H36O3. The first-order chi connectivity index (χ1) is 14.3. The highest BCUT2D eigenvalue weighted by Crippen LogP contribution is 2.71. The third-order valence-electron chi connectivity index (χ3n) is 8.89. The summed E-state index contributed by atoms with van der Waals surface area (Å²) in [5, 5.41) is 0. The maximum atomic E-state index is 13.3. The van der Waals surface area contributed by atoms with Crippen molar-refractivity contribution in [1.82, 2.24) is 0 Å². The standard InChI is InChI=1S/C27H36O3/c1-18(2)21-10-12-25(4)16-27-22(19(3)24(28)14-23(21)25)11-13-26(27,30-27)17-29-15-20-8-6-5-7-9-20/h5-9,18-19,22H,10-17H2,1-4H3/t19-,22+,25?,26?,27?/m1/s1. The Kier molecular flexibility index (Phi) is 4.79. The molecule has 1 aromatic carbocycles. The molecule has 1 aliphatic heterocycles. The molecule has 3 aliphatic carbocycles. The van der Waals surface area contributed by atoms with E-state index < -0.39 is 0 Å². The van der Waals surface area contributed by atoms with Crippen LogP contribution in [0.1, 0.15) is 71.8 Å². The summed E-state index contributed by atoms with van der Waals surface area (Å²) in [7, 11) is 0. The van der Waals surface area contributed by atoms with Gasteiger partial charge in [-0.2, -0.15) is 0 Å². The number of carbonyl (C=O) groups is 1. The molecule has 3 unspecified atom stereocenters. The summed E-state index contributed by atoms with van der Waals surface area (Å²) in [6.07, 6.45) is 6.14. The van der Waals surface area contributed by atoms with Gasteiger partial charge in [0.2, 0.25) is 0 Å². The van der Waals surface area contributed by atoms with E-state index in [9.17, 15) is 4.79 Å². The summed E-state index contributed by atoms with van der Waals surface area (Å²) in [4.78, 5) is 13.3. The highest BCUT2D eigenvalue weighted by atomic mass is 16.7. The molecule has 0 aromatic heterocycles. The fourth-order valence-corrected chi connectivity index (χ4v) is 7.13. The van der Waals surface area contributed by atoms with Crippen molar-refractivity contribution in [2.75, 3.05) is 6.61 Å². The monoisotopic (exact) mass is 408 g/mol. The molecule has 0 bridgehead atoms. The molecule has 1 heterocycles. The zero-order valence-electron chi connectivity index (χ0n) is 19.0. The van der Waals surface area contributed by atoms with E-state index in [1.807, 2.05) is 6.07 Å². The quantitative estimate of drug-likeness (QED) is 0.451. The summed E-state index contributed by atoms with van der Waals surface area (Å²) >= 11 is 0. The molecule has 0 amide bonds. The topological polar surface area (TPSA) is 38.8 Å². The van der Waals surface area contributed by atoms with Gasteiger partial charge in [-0.3, -0.25) is 4.79 Å². The predicted octanol–water partition coefficient (Wildman–Crippen LogP) is 5.87. The van der Waals surface area contributed by atoms with E-state index in [2.05, 4.69) is 52.0 Å². The van der Waals surface area contributed by atoms with Crippen molar-refractivity contribution < 1.29 is 14.3 Å². The molecule has 3 nitrogen and oxygen atoms in total. The first-order valence-corrected chi connectivity index (χ1v) is 11.9. The van der Waals surface area contributed by atoms with Crippen molar-refractivity contribution in [3.8, 4) is 0 Å². The molecule has 30 heavy (non-hydrogen) atoms. The first kappa shape index (κ1) is 20.5. The molecule has 1 aromatic rings. The largest absolute Gasteiger partial charge is 0.374 e. The van der Waals surface area contributed by atoms with E-state index in [1.54, 1.807) is 0 Å². The number of epoxide rings is 1. The minimum Gasteiger partial charge on any atom is -0.374 e. The Hall–Kier alpha value is -1.45. The van der Waals surface area contributed by atoms with Crippen LogP contribution in [-0.2, 0) is 20.9 Å². The molecule has 1 saturated heterocycles. The van der Waals surface area contributed by atoms with Crippen molar-refractivity contribution in [2.45, 2.75) is 84.0 Å². The molecule has 5 rings (SSSR count). The molecule has 1 spiro atoms. The van der Waals surface area contributed by atoms with Gasteiger partial charge in [0.25, 0.3) is 0 Å². The number of hydrogen-bond donors (Lipinski definition) is 0. The summed E-state index contributed by atoms with van der Waals surface area (Å²) in [6.45, 7) is 10.4. The molecule has 162 valence electrons. The highest BCUT2D eigenvalue weighted by Gasteiger charge is 2.78. The molecular weight excluding hydrogens is 372 g/mol. The van der Waals surface area contributed by atoms with Crippen LogP contribution in [0.3, 0.4) is 0 Å². The van der Waals surface area contributed by atoms with Gasteiger partial charge in [0.05, 0.1) is 13.2 Å². The van der Waals surface area contributed by atoms with Gasteiger partial charge < -0.3 is 9.47 Å². The lowest BCUT2D eigenvalue weighted by Gasteiger charge is -2.39. The normalized spacial score (nSPS) is 40.1. The Labute approximate surface area is 181 Å². The van der Waals surface area contributed by atoms with Crippen LogP contribution in [0.15, 0.2) is 41.5 Å². The number of fused-ring (bicyclic) bond motifs is 1. The number of hydrogen-bond acceptors (Lipinski definition) is 3. The average molecular weight is 409 g/mol. The van der Waals surface area contributed by atoms with Crippen LogP contribution in [0.5, 0.6) is 0 Å². The fraction of sp³-hybridized carbons (Fsp3) is 0.667. The average Bonchev–Trinajstić information content (AvgIpc) is 3.05. The van der Waals surface area contributed by atoms with E-state index in [4.69, 9.17) is 9.47 Å². The Morgan fingerprint density at radius 2 is 1.97 bits per heavy atom. The smallest absolute Gasteiger partial charge is 0.140 e. The number of carbonyl (C=O) groups excluding carboxylic acids is 1. The number of benzene rings is 1. The molecule has 0 N–H and O–H groups in total. The zero-order valence-corrected chi connectivity index (χ0v) is 19.0. The SMILES string of the molecule is CC(C)C1=C2CC(=O)[C@H](C)[C@@H]3CCC4(COCc5ccccc5)OC34CC2(C)CC1. The number of ketones is 1. The second kappa shape index (κ2) is 7.03. The van der Waals surface area contributed by atoms with Crippen LogP contribution in [0, 0.1) is 23.2 Å². The van der Waals surface area contributed by atoms with Crippen LogP contribution in [0.4, 0.5) is 0 Å². The maximum Gasteiger partial charge on any atom is 0.140 e. The van der Waals surface area contributed by atoms with Crippen LogP contribution in [0.25, 0.3) is 0 Å². The van der Waals surface area contributed by atoms with Crippen molar-refractivity contribution >= 4 is 5.78 Å². The van der Waals surface area contributed by atoms with Gasteiger partial charge in [-0.25, -0.2) is 0 Å². The van der Waals surface area contributed by atoms with Crippen LogP contribution >= 0.6 is 0 Å². The summed E-state index contributed by atoms with van der Waals surface area (Å²) < 4.78 is 12.9. The lowest BCUT2D eigenvalue weighted by Crippen LogP contribution is -2.42. The van der Waals surface area contributed by atoms with E-state index >= 15 is 0 Å². The number of Topliss-reactive ketones (excluding diaryl/α,β-unsaturated/α-hetero) is 1. The van der Waals surface area contributed by atoms with Gasteiger partial charge in [0.1, 0.15) is 17.0 Å². The van der Waals surface area contributed by atoms with Gasteiger partial charge in [-0.15, -0.1) is 0 Å². The van der Waals surface area contributed by atoms with E-state index in [-0.39, 0.29) is 22.5 Å². The minimum atomic E-state index is -0.187. The summed E-state index contributed by atoms with van der Waals surface area (Å²) in [5.41, 5.74) is 3.92. The van der Waals surface area contributed by atoms with Gasteiger partial charge in [0.15, 0.2) is 0 Å². The van der Waals surface area contributed by atoms with Crippen molar-refractivity contribution in [3.05, 3.63) is 47.0 Å². The van der Waals surface area contributed by atoms with E-state index in [0.717, 1.165) is 32.1 Å². The van der Waals surface area contributed by atoms with E-state index in [1.165, 1.54) is 16.7 Å². The molecule has 5 atom stereocenters. The Morgan fingerprint density at radius 3 is 2.70 bits per heavy atom. The molecule has 3 heteroatoms. The highest BCUT2D eigenvalue weighted by molar-refractivity contribution is 5.84. The fourth-order valence-electron chi connectivity index (χ4n) is 7.13. The third-order valence-corrected chi connectivity index (χ3v) is 8.89. The molecule has 3 fully saturated rings. The second-order valence-electron chi connectivity index (χ2n) is 10.9. The van der Waals surface area contributed by atoms with Crippen LogP contribution in [0.2, 0.25) is 0 Å². The van der Waals surface area contributed by atoms with Gasteiger partial charge in [-0.05, 0) is 49.0 Å². The second-order valence-corrected chi connectivity index (χ2v) is 10.9. The zero-order chi connectivity index (χ0) is 21.1. The van der Waals surface area contributed by atoms with Gasteiger partial charge >= 0.3 is 0 Å². The molecule has 2 saturated carbocycles. The summed E-state index contributed by atoms with van der Waals surface area (Å²) in [6, 6.07) is 10.4. The Balaban J connectivity index is 1.41. The Morgan fingerprint density at radius 1 is 1.20 bits per heavy atom. The van der Waals surface area contributed by atoms with Crippen molar-refractivity contribution in [1.29, 1.82) is 0 Å². The number of allylic oxidation sites excluding steroid dienone is 2. The van der Waals surface area contributed by atoms with Gasteiger partial charge in [-0.1, -0.05) is 69.2 Å². The lowest BCUT2D eigenvalue weighted by molar-refractivity contribution is -0.125. The number of rotatable bonds is 5. The van der Waals surface area contributed by atoms with Crippen molar-refractivity contribution in [3.63, 3.8) is 0 Å². The lowest BCUT2D eigenvalue weighted by atomic mass is 9.64. The van der Waals surface area contributed by atoms with Crippen LogP contribution in [-0.4, -0.2) is 23.6 Å². The van der Waals surface area contributed by atoms with Crippen LogP contribution < -0.4 is 0 Å². The molecule has 0 radical (unpaired) electrons. The van der Waals surface area contributed by atoms with E-state index in [0.29, 0.717) is 37.3 Å².